The molecule has 0 bridgehead atoms. The molecule has 0 radical (unpaired) electrons. The van der Waals surface area contributed by atoms with Crippen molar-refractivity contribution >= 4 is 21.4 Å². The predicted octanol–water partition coefficient (Wildman–Crippen LogP) is 0.998. The number of nitrogens with zero attached hydrogens (tertiary/aromatic N) is 2. The molecule has 2 rings (SSSR count). The number of thiophene rings is 1. The largest absolute Gasteiger partial charge is 0.396 e. The molecular formula is C13H22N2O3S2. The molecule has 0 atom stereocenters. The molecule has 1 fully saturated rings. The van der Waals surface area contributed by atoms with Crippen LogP contribution in [0.5, 0.6) is 0 Å². The van der Waals surface area contributed by atoms with Gasteiger partial charge in [-0.05, 0) is 45.1 Å². The summed E-state index contributed by atoms with van der Waals surface area (Å²) in [5.41, 5.74) is 0. The lowest BCUT2D eigenvalue weighted by molar-refractivity contribution is 0.198. The van der Waals surface area contributed by atoms with Crippen molar-refractivity contribution in [1.29, 1.82) is 0 Å². The van der Waals surface area contributed by atoms with Crippen LogP contribution in [0.15, 0.2) is 16.3 Å². The molecule has 1 aliphatic rings. The molecule has 0 saturated carbocycles. The van der Waals surface area contributed by atoms with Crippen LogP contribution < -0.4 is 0 Å². The summed E-state index contributed by atoms with van der Waals surface area (Å²) in [5, 5.41) is 8.91. The quantitative estimate of drug-likeness (QED) is 0.880. The first-order chi connectivity index (χ1) is 9.45. The average Bonchev–Trinajstić information content (AvgIpc) is 2.88. The fraction of sp³-hybridized carbons (Fsp3) is 0.692. The Labute approximate surface area is 124 Å². The van der Waals surface area contributed by atoms with E-state index in [1.807, 2.05) is 0 Å². The molecule has 20 heavy (non-hydrogen) atoms. The first-order valence-electron chi connectivity index (χ1n) is 6.81. The van der Waals surface area contributed by atoms with Crippen molar-refractivity contribution in [2.45, 2.75) is 29.5 Å². The second kappa shape index (κ2) is 6.53. The molecule has 0 unspecified atom stereocenters. The van der Waals surface area contributed by atoms with E-state index in [1.54, 1.807) is 19.2 Å². The molecule has 0 aliphatic carbocycles. The van der Waals surface area contributed by atoms with Crippen LogP contribution in [0.2, 0.25) is 0 Å². The van der Waals surface area contributed by atoms with Crippen LogP contribution >= 0.6 is 11.3 Å². The van der Waals surface area contributed by atoms with E-state index in [1.165, 1.54) is 15.6 Å². The van der Waals surface area contributed by atoms with Crippen molar-refractivity contribution in [3.05, 3.63) is 17.0 Å². The van der Waals surface area contributed by atoms with Crippen LogP contribution in [0.3, 0.4) is 0 Å². The summed E-state index contributed by atoms with van der Waals surface area (Å²) in [7, 11) is 0.336. The Kier molecular flexibility index (Phi) is 5.19. The highest BCUT2D eigenvalue weighted by atomic mass is 32.2. The number of aliphatic hydroxyl groups excluding tert-OH is 1. The Morgan fingerprint density at radius 2 is 2.05 bits per heavy atom. The molecule has 2 heterocycles. The summed E-state index contributed by atoms with van der Waals surface area (Å²) in [4.78, 5) is 3.13. The fourth-order valence-electron chi connectivity index (χ4n) is 2.44. The maximum Gasteiger partial charge on any atom is 0.252 e. The molecule has 1 aromatic rings. The van der Waals surface area contributed by atoms with E-state index in [9.17, 15) is 8.42 Å². The number of piperidine rings is 1. The fourth-order valence-corrected chi connectivity index (χ4v) is 5.38. The third-order valence-corrected chi connectivity index (χ3v) is 7.35. The number of rotatable bonds is 5. The van der Waals surface area contributed by atoms with Gasteiger partial charge in [0, 0.05) is 31.0 Å². The molecule has 1 aromatic heterocycles. The minimum atomic E-state index is -3.40. The van der Waals surface area contributed by atoms with E-state index in [0.29, 0.717) is 10.6 Å². The van der Waals surface area contributed by atoms with Crippen LogP contribution in [-0.4, -0.2) is 62.6 Å². The Balaban J connectivity index is 2.12. The van der Waals surface area contributed by atoms with Gasteiger partial charge in [-0.25, -0.2) is 8.42 Å². The van der Waals surface area contributed by atoms with Gasteiger partial charge in [0.1, 0.15) is 4.21 Å². The van der Waals surface area contributed by atoms with Gasteiger partial charge < -0.3 is 10.0 Å². The number of sulfonamides is 1. The number of aliphatic hydroxyl groups is 1. The third kappa shape index (κ3) is 3.40. The zero-order chi connectivity index (χ0) is 14.8. The van der Waals surface area contributed by atoms with Crippen molar-refractivity contribution in [3.8, 4) is 0 Å². The van der Waals surface area contributed by atoms with Gasteiger partial charge in [0.2, 0.25) is 0 Å². The lowest BCUT2D eigenvalue weighted by Gasteiger charge is -2.34. The maximum atomic E-state index is 12.6. The number of hydrogen-bond acceptors (Lipinski definition) is 5. The topological polar surface area (TPSA) is 60.9 Å². The smallest absolute Gasteiger partial charge is 0.252 e. The van der Waals surface area contributed by atoms with Crippen LogP contribution in [0.4, 0.5) is 0 Å². The highest BCUT2D eigenvalue weighted by Gasteiger charge is 2.31. The Morgan fingerprint density at radius 1 is 1.40 bits per heavy atom. The second-order valence-electron chi connectivity index (χ2n) is 5.25. The predicted molar refractivity (Wildman–Crippen MR) is 80.6 cm³/mol. The molecular weight excluding hydrogens is 296 g/mol. The lowest BCUT2D eigenvalue weighted by Crippen LogP contribution is -2.44. The van der Waals surface area contributed by atoms with Gasteiger partial charge in [-0.15, -0.1) is 11.3 Å². The summed E-state index contributed by atoms with van der Waals surface area (Å²) in [6.07, 6.45) is 2.26. The molecule has 7 heteroatoms. The minimum absolute atomic E-state index is 0.0464. The highest BCUT2D eigenvalue weighted by molar-refractivity contribution is 7.91. The minimum Gasteiger partial charge on any atom is -0.396 e. The second-order valence-corrected chi connectivity index (χ2v) is 8.64. The van der Waals surface area contributed by atoms with Crippen molar-refractivity contribution in [2.24, 2.45) is 0 Å². The van der Waals surface area contributed by atoms with Crippen LogP contribution in [0, 0.1) is 0 Å². The molecule has 1 N–H and O–H groups in total. The normalized spacial score (nSPS) is 18.8. The lowest BCUT2D eigenvalue weighted by atomic mass is 10.1. The summed E-state index contributed by atoms with van der Waals surface area (Å²) in [6, 6.07) is 3.52. The standard InChI is InChI=1S/C13H22N2O3S2/c1-14-8-5-11(6-9-14)15(2)20(17,18)13-4-3-12(19-13)7-10-16/h3-4,11,16H,5-10H2,1-2H3. The molecule has 0 spiro atoms. The third-order valence-electron chi connectivity index (χ3n) is 3.83. The summed E-state index contributed by atoms with van der Waals surface area (Å²) in [6.45, 7) is 1.92. The van der Waals surface area contributed by atoms with Crippen molar-refractivity contribution < 1.29 is 13.5 Å². The van der Waals surface area contributed by atoms with Gasteiger partial charge in [0.15, 0.2) is 0 Å². The number of likely N-dealkylation sites (tertiary alicyclic amines) is 1. The summed E-state index contributed by atoms with van der Waals surface area (Å²) < 4.78 is 27.1. The van der Waals surface area contributed by atoms with Crippen LogP contribution in [-0.2, 0) is 16.4 Å². The average molecular weight is 318 g/mol. The molecule has 5 nitrogen and oxygen atoms in total. The van der Waals surface area contributed by atoms with Gasteiger partial charge in [-0.1, -0.05) is 0 Å². The maximum absolute atomic E-state index is 12.6. The van der Waals surface area contributed by atoms with E-state index < -0.39 is 10.0 Å². The molecule has 114 valence electrons. The van der Waals surface area contributed by atoms with Crippen molar-refractivity contribution in [2.75, 3.05) is 33.8 Å². The first kappa shape index (κ1) is 15.9. The van der Waals surface area contributed by atoms with E-state index in [-0.39, 0.29) is 12.6 Å². The summed E-state index contributed by atoms with van der Waals surface area (Å²) in [5.74, 6) is 0. The van der Waals surface area contributed by atoms with Crippen LogP contribution in [0.1, 0.15) is 17.7 Å². The van der Waals surface area contributed by atoms with Crippen molar-refractivity contribution in [3.63, 3.8) is 0 Å². The Bertz CT molecular complexity index is 534. The van der Waals surface area contributed by atoms with E-state index in [0.717, 1.165) is 30.8 Å². The zero-order valence-corrected chi connectivity index (χ0v) is 13.6. The summed E-state index contributed by atoms with van der Waals surface area (Å²) >= 11 is 1.26. The molecule has 0 amide bonds. The van der Waals surface area contributed by atoms with Crippen molar-refractivity contribution in [1.82, 2.24) is 9.21 Å². The number of hydrogen-bond donors (Lipinski definition) is 1. The van der Waals surface area contributed by atoms with Crippen LogP contribution in [0.25, 0.3) is 0 Å². The van der Waals surface area contributed by atoms with E-state index >= 15 is 0 Å². The first-order valence-corrected chi connectivity index (χ1v) is 9.07. The van der Waals surface area contributed by atoms with Gasteiger partial charge in [-0.2, -0.15) is 4.31 Å². The Hall–Kier alpha value is -0.470. The molecule has 1 aliphatic heterocycles. The van der Waals surface area contributed by atoms with Gasteiger partial charge >= 0.3 is 0 Å². The van der Waals surface area contributed by atoms with Gasteiger partial charge in [0.25, 0.3) is 10.0 Å². The van der Waals surface area contributed by atoms with Gasteiger partial charge in [0.05, 0.1) is 0 Å². The molecule has 0 aromatic carbocycles. The van der Waals surface area contributed by atoms with E-state index in [4.69, 9.17) is 5.11 Å². The van der Waals surface area contributed by atoms with Gasteiger partial charge in [-0.3, -0.25) is 0 Å². The monoisotopic (exact) mass is 318 g/mol. The van der Waals surface area contributed by atoms with E-state index in [2.05, 4.69) is 11.9 Å². The zero-order valence-electron chi connectivity index (χ0n) is 11.9. The SMILES string of the molecule is CN1CCC(N(C)S(=O)(=O)c2ccc(CCO)s2)CC1. The molecule has 1 saturated heterocycles. The Morgan fingerprint density at radius 3 is 2.65 bits per heavy atom. The highest BCUT2D eigenvalue weighted by Crippen LogP contribution is 2.27.